The number of carboxylic acid groups (broad SMARTS) is 1. The molecule has 0 spiro atoms. The summed E-state index contributed by atoms with van der Waals surface area (Å²) in [5, 5.41) is 13.8. The molecule has 2 aromatic carbocycles. The van der Waals surface area contributed by atoms with Crippen LogP contribution >= 0.6 is 0 Å². The van der Waals surface area contributed by atoms with Gasteiger partial charge in [0.05, 0.1) is 12.1 Å². The molecule has 7 nitrogen and oxygen atoms in total. The first-order valence-corrected chi connectivity index (χ1v) is 12.1. The van der Waals surface area contributed by atoms with Gasteiger partial charge < -0.3 is 5.11 Å². The first kappa shape index (κ1) is 24.2. The first-order valence-electron chi connectivity index (χ1n) is 12.1. The van der Waals surface area contributed by atoms with Gasteiger partial charge in [0.1, 0.15) is 0 Å². The fraction of sp³-hybridized carbons (Fsp3) is 0.357. The van der Waals surface area contributed by atoms with Crippen LogP contribution in [0.15, 0.2) is 53.3 Å². The average molecular weight is 472 g/mol. The minimum atomic E-state index is -0.985. The molecular formula is C28H29N3O4. The van der Waals surface area contributed by atoms with E-state index >= 15 is 0 Å². The van der Waals surface area contributed by atoms with E-state index in [4.69, 9.17) is 0 Å². The molecule has 1 aliphatic rings. The Kier molecular flexibility index (Phi) is 7.61. The highest BCUT2D eigenvalue weighted by atomic mass is 16.4. The Morgan fingerprint density at radius 2 is 1.77 bits per heavy atom. The Bertz CT molecular complexity index is 1330. The number of aromatic carboxylic acids is 1. The number of rotatable bonds is 6. The van der Waals surface area contributed by atoms with E-state index in [2.05, 4.69) is 16.9 Å². The number of nitrogens with zero attached hydrogens (tertiary/aromatic N) is 3. The number of hydrogen-bond donors (Lipinski definition) is 1. The van der Waals surface area contributed by atoms with Gasteiger partial charge in [0.25, 0.3) is 5.91 Å². The van der Waals surface area contributed by atoms with Crippen molar-refractivity contribution in [1.29, 1.82) is 0 Å². The lowest BCUT2D eigenvalue weighted by atomic mass is 9.87. The lowest BCUT2D eigenvalue weighted by Crippen LogP contribution is -2.31. The SMILES string of the molecule is CCC#Cc1nn(C(=O)CC2CCCCC2)c(=O)n1Cc1ccc(-c2ccccc2C(=O)O)cc1. The second-order valence-corrected chi connectivity index (χ2v) is 8.91. The molecule has 0 saturated heterocycles. The highest BCUT2D eigenvalue weighted by Crippen LogP contribution is 2.27. The molecule has 180 valence electrons. The lowest BCUT2D eigenvalue weighted by molar-refractivity contribution is 0.0697. The second kappa shape index (κ2) is 11.0. The Labute approximate surface area is 204 Å². The molecule has 1 heterocycles. The monoisotopic (exact) mass is 471 g/mol. The maximum Gasteiger partial charge on any atom is 0.354 e. The van der Waals surface area contributed by atoms with Crippen LogP contribution in [-0.2, 0) is 6.54 Å². The van der Waals surface area contributed by atoms with Gasteiger partial charge in [-0.3, -0.25) is 9.36 Å². The standard InChI is InChI=1S/C28H29N3O4/c1-2-3-13-25-29-31(26(32)18-20-9-5-4-6-10-20)28(35)30(25)19-21-14-16-22(17-15-21)23-11-7-8-12-24(23)27(33)34/h7-8,11-12,14-17,20H,2,4-6,9-10,18-19H2,1H3,(H,33,34). The van der Waals surface area contributed by atoms with Crippen molar-refractivity contribution in [2.75, 3.05) is 0 Å². The van der Waals surface area contributed by atoms with Crippen LogP contribution in [0.4, 0.5) is 0 Å². The van der Waals surface area contributed by atoms with Crippen molar-refractivity contribution < 1.29 is 14.7 Å². The normalized spacial score (nSPS) is 13.7. The van der Waals surface area contributed by atoms with E-state index in [1.807, 2.05) is 31.2 Å². The van der Waals surface area contributed by atoms with Gasteiger partial charge in [-0.2, -0.15) is 0 Å². The maximum atomic E-state index is 13.2. The molecule has 1 fully saturated rings. The van der Waals surface area contributed by atoms with Crippen molar-refractivity contribution in [2.24, 2.45) is 5.92 Å². The topological polar surface area (TPSA) is 94.2 Å². The smallest absolute Gasteiger partial charge is 0.354 e. The first-order chi connectivity index (χ1) is 17.0. The van der Waals surface area contributed by atoms with E-state index in [-0.39, 0.29) is 23.8 Å². The quantitative estimate of drug-likeness (QED) is 0.520. The van der Waals surface area contributed by atoms with E-state index in [1.54, 1.807) is 24.3 Å². The van der Waals surface area contributed by atoms with E-state index in [1.165, 1.54) is 11.0 Å². The van der Waals surface area contributed by atoms with Crippen molar-refractivity contribution >= 4 is 11.9 Å². The zero-order chi connectivity index (χ0) is 24.8. The molecule has 1 aromatic heterocycles. The largest absolute Gasteiger partial charge is 0.478 e. The fourth-order valence-corrected chi connectivity index (χ4v) is 4.58. The Hall–Kier alpha value is -3.92. The molecule has 1 N–H and O–H groups in total. The van der Waals surface area contributed by atoms with Crippen LogP contribution in [0.3, 0.4) is 0 Å². The second-order valence-electron chi connectivity index (χ2n) is 8.91. The van der Waals surface area contributed by atoms with Crippen LogP contribution in [0.5, 0.6) is 0 Å². The van der Waals surface area contributed by atoms with Crippen LogP contribution in [0, 0.1) is 17.8 Å². The number of carbonyl (C=O) groups excluding carboxylic acids is 1. The van der Waals surface area contributed by atoms with Crippen molar-refractivity contribution in [3.8, 4) is 23.0 Å². The minimum absolute atomic E-state index is 0.212. The van der Waals surface area contributed by atoms with Crippen molar-refractivity contribution in [1.82, 2.24) is 14.3 Å². The summed E-state index contributed by atoms with van der Waals surface area (Å²) in [4.78, 5) is 37.6. The molecule has 0 unspecified atom stereocenters. The highest BCUT2D eigenvalue weighted by molar-refractivity contribution is 5.96. The molecule has 0 atom stereocenters. The third-order valence-electron chi connectivity index (χ3n) is 6.43. The molecule has 3 aromatic rings. The van der Waals surface area contributed by atoms with Crippen molar-refractivity contribution in [3.05, 3.63) is 76.0 Å². The van der Waals surface area contributed by atoms with Crippen LogP contribution in [0.2, 0.25) is 0 Å². The van der Waals surface area contributed by atoms with Crippen molar-refractivity contribution in [3.63, 3.8) is 0 Å². The summed E-state index contributed by atoms with van der Waals surface area (Å²) < 4.78 is 2.41. The molecule has 0 bridgehead atoms. The number of carboxylic acids is 1. The van der Waals surface area contributed by atoms with Gasteiger partial charge in [-0.15, -0.1) is 9.78 Å². The van der Waals surface area contributed by atoms with Gasteiger partial charge in [-0.25, -0.2) is 9.59 Å². The fourth-order valence-electron chi connectivity index (χ4n) is 4.58. The summed E-state index contributed by atoms with van der Waals surface area (Å²) in [5.74, 6) is 5.19. The lowest BCUT2D eigenvalue weighted by Gasteiger charge is -2.20. The summed E-state index contributed by atoms with van der Waals surface area (Å²) in [7, 11) is 0. The number of carbonyl (C=O) groups is 2. The minimum Gasteiger partial charge on any atom is -0.478 e. The third-order valence-corrected chi connectivity index (χ3v) is 6.43. The summed E-state index contributed by atoms with van der Waals surface area (Å²) >= 11 is 0. The summed E-state index contributed by atoms with van der Waals surface area (Å²) in [6.07, 6.45) is 6.42. The number of hydrogen-bond acceptors (Lipinski definition) is 4. The molecule has 1 aliphatic carbocycles. The predicted molar refractivity (Wildman–Crippen MR) is 133 cm³/mol. The zero-order valence-electron chi connectivity index (χ0n) is 19.9. The van der Waals surface area contributed by atoms with Gasteiger partial charge in [0.2, 0.25) is 5.82 Å². The molecule has 4 rings (SSSR count). The van der Waals surface area contributed by atoms with Gasteiger partial charge in [0.15, 0.2) is 0 Å². The summed E-state index contributed by atoms with van der Waals surface area (Å²) in [6, 6.07) is 14.2. The average Bonchev–Trinajstić information content (AvgIpc) is 3.18. The highest BCUT2D eigenvalue weighted by Gasteiger charge is 2.22. The van der Waals surface area contributed by atoms with E-state index in [0.717, 1.165) is 41.5 Å². The van der Waals surface area contributed by atoms with E-state index < -0.39 is 11.7 Å². The Balaban J connectivity index is 1.60. The predicted octanol–water partition coefficient (Wildman–Crippen LogP) is 4.83. The number of benzene rings is 2. The van der Waals surface area contributed by atoms with Gasteiger partial charge in [-0.1, -0.05) is 74.6 Å². The number of aromatic nitrogens is 3. The molecule has 0 aliphatic heterocycles. The van der Waals surface area contributed by atoms with E-state index in [0.29, 0.717) is 24.3 Å². The van der Waals surface area contributed by atoms with Crippen LogP contribution in [-0.4, -0.2) is 31.3 Å². The summed E-state index contributed by atoms with van der Waals surface area (Å²) in [5.41, 5.74) is 1.96. The molecule has 0 radical (unpaired) electrons. The molecule has 7 heteroatoms. The molecule has 35 heavy (non-hydrogen) atoms. The zero-order valence-corrected chi connectivity index (χ0v) is 19.9. The third kappa shape index (κ3) is 5.60. The Morgan fingerprint density at radius 1 is 1.06 bits per heavy atom. The molecule has 1 saturated carbocycles. The van der Waals surface area contributed by atoms with Gasteiger partial charge in [-0.05, 0) is 47.4 Å². The molecule has 0 amide bonds. The maximum absolute atomic E-state index is 13.2. The Morgan fingerprint density at radius 3 is 2.46 bits per heavy atom. The summed E-state index contributed by atoms with van der Waals surface area (Å²) in [6.45, 7) is 2.12. The van der Waals surface area contributed by atoms with Crippen LogP contribution < -0.4 is 5.69 Å². The van der Waals surface area contributed by atoms with Crippen LogP contribution in [0.1, 0.15) is 78.4 Å². The van der Waals surface area contributed by atoms with Gasteiger partial charge >= 0.3 is 11.7 Å². The molecular weight excluding hydrogens is 442 g/mol. The van der Waals surface area contributed by atoms with Crippen LogP contribution in [0.25, 0.3) is 11.1 Å². The van der Waals surface area contributed by atoms with E-state index in [9.17, 15) is 19.5 Å². The van der Waals surface area contributed by atoms with Gasteiger partial charge in [0, 0.05) is 12.8 Å². The van der Waals surface area contributed by atoms with Crippen molar-refractivity contribution in [2.45, 2.75) is 58.4 Å².